The molecule has 0 bridgehead atoms. The van der Waals surface area contributed by atoms with Crippen LogP contribution in [0.25, 0.3) is 0 Å². The molecule has 2 nitrogen and oxygen atoms in total. The fourth-order valence-corrected chi connectivity index (χ4v) is 2.50. The van der Waals surface area contributed by atoms with Gasteiger partial charge >= 0.3 is 0 Å². The van der Waals surface area contributed by atoms with Crippen LogP contribution in [0.5, 0.6) is 5.75 Å². The van der Waals surface area contributed by atoms with E-state index in [0.717, 1.165) is 28.8 Å². The monoisotopic (exact) mass is 277 g/mol. The molecule has 0 amide bonds. The first kappa shape index (κ1) is 9.97. The Labute approximate surface area is 103 Å². The second-order valence-electron chi connectivity index (χ2n) is 3.96. The Morgan fingerprint density at radius 3 is 3.06 bits per heavy atom. The van der Waals surface area contributed by atoms with Crippen LogP contribution in [0.2, 0.25) is 0 Å². The third-order valence-corrected chi connectivity index (χ3v) is 3.54. The van der Waals surface area contributed by atoms with Crippen molar-refractivity contribution in [3.8, 4) is 5.75 Å². The maximum absolute atomic E-state index is 5.88. The van der Waals surface area contributed by atoms with E-state index in [1.54, 1.807) is 0 Å². The Hall–Kier alpha value is -1.22. The van der Waals surface area contributed by atoms with Crippen molar-refractivity contribution in [1.29, 1.82) is 0 Å². The highest BCUT2D eigenvalue weighted by molar-refractivity contribution is 9.10. The van der Waals surface area contributed by atoms with E-state index in [9.17, 15) is 0 Å². The van der Waals surface area contributed by atoms with Gasteiger partial charge in [0.05, 0.1) is 5.69 Å². The van der Waals surface area contributed by atoms with Gasteiger partial charge in [-0.2, -0.15) is 0 Å². The number of para-hydroxylation sites is 1. The number of hydrogen-bond acceptors (Lipinski definition) is 2. The normalized spacial score (nSPS) is 22.1. The molecule has 1 aliphatic carbocycles. The zero-order chi connectivity index (χ0) is 11.0. The van der Waals surface area contributed by atoms with Crippen molar-refractivity contribution in [2.24, 2.45) is 0 Å². The molecule has 1 aliphatic heterocycles. The number of nitrogens with one attached hydrogen (secondary N) is 1. The Kier molecular flexibility index (Phi) is 2.48. The van der Waals surface area contributed by atoms with Gasteiger partial charge in [-0.3, -0.25) is 0 Å². The van der Waals surface area contributed by atoms with Crippen LogP contribution < -0.4 is 10.1 Å². The molecule has 2 aliphatic rings. The first-order chi connectivity index (χ1) is 7.84. The summed E-state index contributed by atoms with van der Waals surface area (Å²) in [5.41, 5.74) is 2.37. The molecule has 3 rings (SSSR count). The van der Waals surface area contributed by atoms with Crippen molar-refractivity contribution < 1.29 is 4.74 Å². The van der Waals surface area contributed by atoms with Gasteiger partial charge in [-0.05, 0) is 46.5 Å². The van der Waals surface area contributed by atoms with Crippen LogP contribution in [0.4, 0.5) is 5.69 Å². The van der Waals surface area contributed by atoms with Gasteiger partial charge in [0.1, 0.15) is 5.75 Å². The van der Waals surface area contributed by atoms with E-state index in [4.69, 9.17) is 4.74 Å². The summed E-state index contributed by atoms with van der Waals surface area (Å²) in [6, 6.07) is 6.00. The fourth-order valence-electron chi connectivity index (χ4n) is 2.04. The molecule has 1 aromatic carbocycles. The maximum atomic E-state index is 5.88. The summed E-state index contributed by atoms with van der Waals surface area (Å²) in [5, 5.41) is 3.40. The highest BCUT2D eigenvalue weighted by atomic mass is 79.9. The lowest BCUT2D eigenvalue weighted by Crippen LogP contribution is -2.23. The van der Waals surface area contributed by atoms with Crippen molar-refractivity contribution in [1.82, 2.24) is 0 Å². The molecular weight excluding hydrogens is 266 g/mol. The van der Waals surface area contributed by atoms with E-state index in [2.05, 4.69) is 39.5 Å². The third-order valence-electron chi connectivity index (χ3n) is 2.88. The first-order valence-corrected chi connectivity index (χ1v) is 6.21. The number of halogens is 1. The molecule has 1 aromatic rings. The average molecular weight is 278 g/mol. The summed E-state index contributed by atoms with van der Waals surface area (Å²) < 4.78 is 6.94. The van der Waals surface area contributed by atoms with Gasteiger partial charge in [-0.15, -0.1) is 0 Å². The van der Waals surface area contributed by atoms with Crippen LogP contribution in [-0.4, -0.2) is 6.23 Å². The van der Waals surface area contributed by atoms with E-state index in [1.807, 2.05) is 18.2 Å². The molecule has 82 valence electrons. The van der Waals surface area contributed by atoms with Gasteiger partial charge in [0.15, 0.2) is 6.23 Å². The Bertz CT molecular complexity index is 479. The molecular formula is C13H12BrNO. The Balaban J connectivity index is 1.88. The quantitative estimate of drug-likeness (QED) is 0.842. The van der Waals surface area contributed by atoms with E-state index in [1.165, 1.54) is 5.57 Å². The molecule has 0 saturated heterocycles. The number of rotatable bonds is 1. The lowest BCUT2D eigenvalue weighted by Gasteiger charge is -2.16. The summed E-state index contributed by atoms with van der Waals surface area (Å²) in [6.45, 7) is 0. The largest absolute Gasteiger partial charge is 0.465 e. The van der Waals surface area contributed by atoms with Crippen LogP contribution in [0.15, 0.2) is 46.5 Å². The molecule has 0 aromatic heterocycles. The van der Waals surface area contributed by atoms with Crippen LogP contribution in [0.3, 0.4) is 0 Å². The van der Waals surface area contributed by atoms with Crippen molar-refractivity contribution in [3.05, 3.63) is 46.5 Å². The molecule has 1 N–H and O–H groups in total. The first-order valence-electron chi connectivity index (χ1n) is 5.42. The van der Waals surface area contributed by atoms with Crippen molar-refractivity contribution >= 4 is 21.6 Å². The fraction of sp³-hybridized carbons (Fsp3) is 0.231. The Morgan fingerprint density at radius 2 is 2.31 bits per heavy atom. The number of anilines is 1. The number of hydrogen-bond donors (Lipinski definition) is 1. The molecule has 1 unspecified atom stereocenters. The van der Waals surface area contributed by atoms with E-state index in [-0.39, 0.29) is 6.23 Å². The average Bonchev–Trinajstić information content (AvgIpc) is 2.76. The van der Waals surface area contributed by atoms with Gasteiger partial charge < -0.3 is 10.1 Å². The molecule has 1 heterocycles. The summed E-state index contributed by atoms with van der Waals surface area (Å²) in [5.74, 6) is 0.926. The topological polar surface area (TPSA) is 21.3 Å². The minimum Gasteiger partial charge on any atom is -0.465 e. The highest BCUT2D eigenvalue weighted by Crippen LogP contribution is 2.40. The van der Waals surface area contributed by atoms with Gasteiger partial charge in [0.2, 0.25) is 0 Å². The predicted molar refractivity (Wildman–Crippen MR) is 68.6 cm³/mol. The summed E-state index contributed by atoms with van der Waals surface area (Å²) >= 11 is 3.52. The Morgan fingerprint density at radius 1 is 1.38 bits per heavy atom. The zero-order valence-corrected chi connectivity index (χ0v) is 10.3. The van der Waals surface area contributed by atoms with E-state index in [0.29, 0.717) is 0 Å². The van der Waals surface area contributed by atoms with Gasteiger partial charge in [0.25, 0.3) is 0 Å². The lowest BCUT2D eigenvalue weighted by molar-refractivity contribution is 0.284. The van der Waals surface area contributed by atoms with Crippen molar-refractivity contribution in [2.75, 3.05) is 5.32 Å². The second kappa shape index (κ2) is 3.98. The summed E-state index contributed by atoms with van der Waals surface area (Å²) in [6.07, 6.45) is 8.59. The van der Waals surface area contributed by atoms with Crippen molar-refractivity contribution in [3.63, 3.8) is 0 Å². The van der Waals surface area contributed by atoms with Gasteiger partial charge in [-0.25, -0.2) is 0 Å². The van der Waals surface area contributed by atoms with Crippen LogP contribution in [-0.2, 0) is 0 Å². The van der Waals surface area contributed by atoms with Gasteiger partial charge in [0, 0.05) is 4.47 Å². The maximum Gasteiger partial charge on any atom is 0.192 e. The molecule has 0 spiro atoms. The molecule has 0 saturated carbocycles. The minimum absolute atomic E-state index is 0.00125. The molecule has 0 fully saturated rings. The third kappa shape index (κ3) is 1.65. The van der Waals surface area contributed by atoms with Crippen LogP contribution >= 0.6 is 15.9 Å². The standard InChI is InChI=1S/C13H12BrNO/c14-10-7-4-8-11-12(10)15-13(16-11)9-5-2-1-3-6-9/h1-2,4-5,7-8,13,15H,3,6H2. The molecule has 1 atom stereocenters. The smallest absolute Gasteiger partial charge is 0.192 e. The SMILES string of the molecule is Brc1cccc2c1NC(C1=CC=CCC1)O2. The van der Waals surface area contributed by atoms with Gasteiger partial charge in [-0.1, -0.05) is 24.3 Å². The predicted octanol–water partition coefficient (Wildman–Crippen LogP) is 3.86. The highest BCUT2D eigenvalue weighted by Gasteiger charge is 2.26. The lowest BCUT2D eigenvalue weighted by atomic mass is 10.0. The summed E-state index contributed by atoms with van der Waals surface area (Å²) in [4.78, 5) is 0. The second-order valence-corrected chi connectivity index (χ2v) is 4.82. The number of allylic oxidation sites excluding steroid dienone is 3. The summed E-state index contributed by atoms with van der Waals surface area (Å²) in [7, 11) is 0. The van der Waals surface area contributed by atoms with Crippen molar-refractivity contribution in [2.45, 2.75) is 19.1 Å². The number of fused-ring (bicyclic) bond motifs is 1. The van der Waals surface area contributed by atoms with Crippen LogP contribution in [0, 0.1) is 0 Å². The molecule has 3 heteroatoms. The van der Waals surface area contributed by atoms with E-state index >= 15 is 0 Å². The zero-order valence-electron chi connectivity index (χ0n) is 8.74. The number of ether oxygens (including phenoxy) is 1. The minimum atomic E-state index is -0.00125. The van der Waals surface area contributed by atoms with Crippen LogP contribution in [0.1, 0.15) is 12.8 Å². The molecule has 0 radical (unpaired) electrons. The van der Waals surface area contributed by atoms with E-state index < -0.39 is 0 Å². The number of benzene rings is 1. The molecule has 16 heavy (non-hydrogen) atoms.